The molecule has 1 aromatic heterocycles. The third-order valence-corrected chi connectivity index (χ3v) is 5.10. The monoisotopic (exact) mass is 439 g/mol. The van der Waals surface area contributed by atoms with Crippen molar-refractivity contribution in [3.63, 3.8) is 0 Å². The summed E-state index contributed by atoms with van der Waals surface area (Å²) in [5, 5.41) is 2.89. The molecule has 0 fully saturated rings. The van der Waals surface area contributed by atoms with Crippen LogP contribution in [0.2, 0.25) is 0 Å². The SMILES string of the molecule is CC(C)(C)OC(=O)NCCN1C(=O)c2cccnc2Sc2cc(C(F)(F)F)ccc21. The molecule has 0 radical (unpaired) electrons. The molecule has 2 amide bonds. The Morgan fingerprint density at radius 3 is 2.63 bits per heavy atom. The van der Waals surface area contributed by atoms with Crippen molar-refractivity contribution in [1.82, 2.24) is 10.3 Å². The maximum absolute atomic E-state index is 13.2. The van der Waals surface area contributed by atoms with Crippen LogP contribution in [-0.2, 0) is 10.9 Å². The zero-order chi connectivity index (χ0) is 22.1. The molecule has 1 aliphatic rings. The number of pyridine rings is 1. The number of carbonyl (C=O) groups is 2. The van der Waals surface area contributed by atoms with Crippen molar-refractivity contribution in [1.29, 1.82) is 0 Å². The largest absolute Gasteiger partial charge is 0.444 e. The number of benzene rings is 1. The van der Waals surface area contributed by atoms with Gasteiger partial charge in [0.1, 0.15) is 10.6 Å². The minimum Gasteiger partial charge on any atom is -0.444 e. The highest BCUT2D eigenvalue weighted by Gasteiger charge is 2.34. The topological polar surface area (TPSA) is 71.5 Å². The number of anilines is 1. The number of alkyl carbamates (subject to hydrolysis) is 1. The molecule has 160 valence electrons. The van der Waals surface area contributed by atoms with Gasteiger partial charge in [0.2, 0.25) is 0 Å². The number of halogens is 3. The molecule has 30 heavy (non-hydrogen) atoms. The van der Waals surface area contributed by atoms with Gasteiger partial charge in [0.05, 0.1) is 16.8 Å². The Morgan fingerprint density at radius 2 is 1.97 bits per heavy atom. The van der Waals surface area contributed by atoms with E-state index in [1.165, 1.54) is 17.2 Å². The van der Waals surface area contributed by atoms with Crippen LogP contribution in [0.5, 0.6) is 0 Å². The van der Waals surface area contributed by atoms with Crippen LogP contribution >= 0.6 is 11.8 Å². The van der Waals surface area contributed by atoms with Gasteiger partial charge >= 0.3 is 12.3 Å². The predicted octanol–water partition coefficient (Wildman–Crippen LogP) is 4.74. The number of alkyl halides is 3. The summed E-state index contributed by atoms with van der Waals surface area (Å²) >= 11 is 1.00. The molecule has 1 aromatic carbocycles. The molecular formula is C20H20F3N3O3S. The van der Waals surface area contributed by atoms with Crippen molar-refractivity contribution in [2.24, 2.45) is 0 Å². The number of hydrogen-bond acceptors (Lipinski definition) is 5. The summed E-state index contributed by atoms with van der Waals surface area (Å²) in [4.78, 5) is 30.7. The zero-order valence-corrected chi connectivity index (χ0v) is 17.4. The molecule has 6 nitrogen and oxygen atoms in total. The quantitative estimate of drug-likeness (QED) is 0.748. The lowest BCUT2D eigenvalue weighted by Gasteiger charge is -2.24. The molecule has 0 saturated carbocycles. The first-order valence-corrected chi connectivity index (χ1v) is 9.90. The molecule has 0 bridgehead atoms. The van der Waals surface area contributed by atoms with Crippen molar-refractivity contribution >= 4 is 29.4 Å². The number of amides is 2. The van der Waals surface area contributed by atoms with Crippen LogP contribution in [0.25, 0.3) is 0 Å². The van der Waals surface area contributed by atoms with E-state index < -0.39 is 29.3 Å². The standard InChI is InChI=1S/C20H20F3N3O3S/c1-19(2,3)29-18(28)25-9-10-26-14-7-6-12(20(21,22)23)11-15(14)30-16-13(17(26)27)5-4-8-24-16/h4-8,11H,9-10H2,1-3H3,(H,25,28). The van der Waals surface area contributed by atoms with Gasteiger partial charge in [-0.25, -0.2) is 9.78 Å². The number of nitrogens with zero attached hydrogens (tertiary/aromatic N) is 2. The Labute approximate surface area is 175 Å². The lowest BCUT2D eigenvalue weighted by atomic mass is 10.1. The van der Waals surface area contributed by atoms with Crippen LogP contribution in [0.1, 0.15) is 36.7 Å². The Hall–Kier alpha value is -2.75. The van der Waals surface area contributed by atoms with Crippen LogP contribution in [0.15, 0.2) is 46.5 Å². The van der Waals surface area contributed by atoms with E-state index in [1.54, 1.807) is 32.9 Å². The Bertz CT molecular complexity index is 974. The second-order valence-electron chi connectivity index (χ2n) is 7.52. The fourth-order valence-corrected chi connectivity index (χ4v) is 3.85. The van der Waals surface area contributed by atoms with Crippen molar-refractivity contribution in [3.05, 3.63) is 47.7 Å². The van der Waals surface area contributed by atoms with Gasteiger partial charge in [0.25, 0.3) is 5.91 Å². The molecule has 0 atom stereocenters. The third-order valence-electron chi connectivity index (χ3n) is 4.03. The first kappa shape index (κ1) is 21.9. The molecule has 1 N–H and O–H groups in total. The molecular weight excluding hydrogens is 419 g/mol. The Balaban J connectivity index is 1.90. The predicted molar refractivity (Wildman–Crippen MR) is 106 cm³/mol. The summed E-state index contributed by atoms with van der Waals surface area (Å²) in [5.74, 6) is -0.407. The normalized spacial score (nSPS) is 13.9. The molecule has 0 saturated heterocycles. The smallest absolute Gasteiger partial charge is 0.416 e. The maximum Gasteiger partial charge on any atom is 0.416 e. The van der Waals surface area contributed by atoms with Crippen molar-refractivity contribution in [3.8, 4) is 0 Å². The highest BCUT2D eigenvalue weighted by Crippen LogP contribution is 2.43. The number of carbonyl (C=O) groups excluding carboxylic acids is 2. The summed E-state index contributed by atoms with van der Waals surface area (Å²) < 4.78 is 44.7. The molecule has 0 spiro atoms. The lowest BCUT2D eigenvalue weighted by Crippen LogP contribution is -2.40. The lowest BCUT2D eigenvalue weighted by molar-refractivity contribution is -0.137. The molecule has 1 aliphatic heterocycles. The third kappa shape index (κ3) is 5.05. The van der Waals surface area contributed by atoms with Gasteiger partial charge in [-0.2, -0.15) is 13.2 Å². The number of ether oxygens (including phenoxy) is 1. The van der Waals surface area contributed by atoms with Gasteiger partial charge in [-0.15, -0.1) is 0 Å². The Kier molecular flexibility index (Phi) is 5.98. The highest BCUT2D eigenvalue weighted by molar-refractivity contribution is 7.99. The van der Waals surface area contributed by atoms with Crippen LogP contribution < -0.4 is 10.2 Å². The summed E-state index contributed by atoms with van der Waals surface area (Å²) in [7, 11) is 0. The van der Waals surface area contributed by atoms with Gasteiger partial charge < -0.3 is 15.0 Å². The fourth-order valence-electron chi connectivity index (χ4n) is 2.79. The summed E-state index contributed by atoms with van der Waals surface area (Å²) in [5.41, 5.74) is -0.886. The van der Waals surface area contributed by atoms with Gasteiger partial charge in [0, 0.05) is 24.2 Å². The summed E-state index contributed by atoms with van der Waals surface area (Å²) in [6, 6.07) is 6.37. The Morgan fingerprint density at radius 1 is 1.23 bits per heavy atom. The van der Waals surface area contributed by atoms with Crippen molar-refractivity contribution in [2.45, 2.75) is 42.5 Å². The molecule has 2 heterocycles. The number of fused-ring (bicyclic) bond motifs is 2. The van der Waals surface area contributed by atoms with E-state index in [9.17, 15) is 22.8 Å². The van der Waals surface area contributed by atoms with Crippen LogP contribution in [0.4, 0.5) is 23.7 Å². The van der Waals surface area contributed by atoms with E-state index in [-0.39, 0.29) is 23.5 Å². The molecule has 10 heteroatoms. The minimum absolute atomic E-state index is 0.0470. The zero-order valence-electron chi connectivity index (χ0n) is 16.5. The molecule has 2 aromatic rings. The van der Waals surface area contributed by atoms with Gasteiger partial charge in [-0.3, -0.25) is 4.79 Å². The first-order valence-electron chi connectivity index (χ1n) is 9.08. The van der Waals surface area contributed by atoms with Crippen LogP contribution in [0.3, 0.4) is 0 Å². The van der Waals surface area contributed by atoms with Crippen molar-refractivity contribution in [2.75, 3.05) is 18.0 Å². The fraction of sp³-hybridized carbons (Fsp3) is 0.350. The van der Waals surface area contributed by atoms with Crippen molar-refractivity contribution < 1.29 is 27.5 Å². The van der Waals surface area contributed by atoms with E-state index in [4.69, 9.17) is 4.74 Å². The van der Waals surface area contributed by atoms with E-state index in [1.807, 2.05) is 0 Å². The van der Waals surface area contributed by atoms with E-state index in [0.29, 0.717) is 10.7 Å². The van der Waals surface area contributed by atoms with Crippen LogP contribution in [-0.4, -0.2) is 35.7 Å². The summed E-state index contributed by atoms with van der Waals surface area (Å²) in [6.45, 7) is 5.27. The summed E-state index contributed by atoms with van der Waals surface area (Å²) in [6.07, 6.45) is -3.68. The van der Waals surface area contributed by atoms with Gasteiger partial charge in [0.15, 0.2) is 0 Å². The van der Waals surface area contributed by atoms with Gasteiger partial charge in [-0.1, -0.05) is 11.8 Å². The molecule has 0 unspecified atom stereocenters. The second kappa shape index (κ2) is 8.17. The van der Waals surface area contributed by atoms with Gasteiger partial charge in [-0.05, 0) is 51.1 Å². The van der Waals surface area contributed by atoms with E-state index >= 15 is 0 Å². The number of rotatable bonds is 3. The first-order chi connectivity index (χ1) is 14.0. The average Bonchev–Trinajstić information content (AvgIpc) is 2.74. The number of aromatic nitrogens is 1. The van der Waals surface area contributed by atoms with E-state index in [0.717, 1.165) is 23.9 Å². The van der Waals surface area contributed by atoms with Crippen LogP contribution in [0, 0.1) is 0 Å². The number of hydrogen-bond donors (Lipinski definition) is 1. The minimum atomic E-state index is -4.51. The maximum atomic E-state index is 13.2. The van der Waals surface area contributed by atoms with E-state index in [2.05, 4.69) is 10.3 Å². The average molecular weight is 439 g/mol. The number of nitrogens with one attached hydrogen (secondary N) is 1. The molecule has 0 aliphatic carbocycles. The highest BCUT2D eigenvalue weighted by atomic mass is 32.2. The second-order valence-corrected chi connectivity index (χ2v) is 8.55. The molecule has 3 rings (SSSR count).